The molecule has 3 nitrogen and oxygen atoms in total. The third-order valence-electron chi connectivity index (χ3n) is 2.66. The summed E-state index contributed by atoms with van der Waals surface area (Å²) in [5.74, 6) is -1.05. The number of rotatable bonds is 3. The first kappa shape index (κ1) is 12.2. The summed E-state index contributed by atoms with van der Waals surface area (Å²) in [4.78, 5) is 13.5. The topological polar surface area (TPSA) is 40.5 Å². The van der Waals surface area contributed by atoms with Crippen LogP contribution in [0.25, 0.3) is 0 Å². The smallest absolute Gasteiger partial charge is 0.305 e. The van der Waals surface area contributed by atoms with Crippen LogP contribution in [0.15, 0.2) is 23.1 Å². The summed E-state index contributed by atoms with van der Waals surface area (Å²) in [6, 6.07) is 4.66. The van der Waals surface area contributed by atoms with E-state index in [1.807, 2.05) is 4.90 Å². The van der Waals surface area contributed by atoms with Crippen LogP contribution < -0.4 is 4.90 Å². The van der Waals surface area contributed by atoms with Crippen molar-refractivity contribution in [2.45, 2.75) is 23.5 Å². The quantitative estimate of drug-likeness (QED) is 0.901. The van der Waals surface area contributed by atoms with Gasteiger partial charge in [-0.1, -0.05) is 6.92 Å². The molecule has 0 saturated carbocycles. The van der Waals surface area contributed by atoms with Crippen molar-refractivity contribution in [2.75, 3.05) is 18.0 Å². The van der Waals surface area contributed by atoms with Gasteiger partial charge < -0.3 is 10.0 Å². The summed E-state index contributed by atoms with van der Waals surface area (Å²) in [5.41, 5.74) is 0.941. The van der Waals surface area contributed by atoms with Gasteiger partial charge in [0, 0.05) is 23.2 Å². The van der Waals surface area contributed by atoms with E-state index in [2.05, 4.69) is 6.92 Å². The summed E-state index contributed by atoms with van der Waals surface area (Å²) in [7, 11) is 0. The Morgan fingerprint density at radius 2 is 2.41 bits per heavy atom. The molecule has 0 aliphatic carbocycles. The van der Waals surface area contributed by atoms with Crippen molar-refractivity contribution in [1.82, 2.24) is 0 Å². The van der Waals surface area contributed by atoms with Crippen LogP contribution in [-0.4, -0.2) is 29.4 Å². The van der Waals surface area contributed by atoms with E-state index in [1.54, 1.807) is 17.8 Å². The molecule has 1 heterocycles. The molecule has 0 saturated heterocycles. The van der Waals surface area contributed by atoms with E-state index in [0.717, 1.165) is 17.1 Å². The average molecular weight is 255 g/mol. The van der Waals surface area contributed by atoms with Gasteiger partial charge in [0.15, 0.2) is 0 Å². The first-order valence-corrected chi connectivity index (χ1v) is 6.37. The fourth-order valence-electron chi connectivity index (χ4n) is 1.95. The molecular formula is C12H14FNO2S. The first-order valence-electron chi connectivity index (χ1n) is 5.49. The zero-order valence-corrected chi connectivity index (χ0v) is 10.3. The van der Waals surface area contributed by atoms with Gasteiger partial charge in [-0.2, -0.15) is 0 Å². The van der Waals surface area contributed by atoms with Gasteiger partial charge in [0.05, 0.1) is 12.1 Å². The second-order valence-electron chi connectivity index (χ2n) is 4.13. The standard InChI is InChI=1S/C12H14FNO2S/c1-8-7-14(5-4-12(15)16)10-3-2-9(13)6-11(10)17-8/h2-3,6,8H,4-5,7H2,1H3,(H,15,16). The van der Waals surface area contributed by atoms with E-state index in [4.69, 9.17) is 5.11 Å². The molecule has 1 aliphatic heterocycles. The summed E-state index contributed by atoms with van der Waals surface area (Å²) < 4.78 is 13.1. The van der Waals surface area contributed by atoms with Crippen molar-refractivity contribution >= 4 is 23.4 Å². The van der Waals surface area contributed by atoms with Crippen LogP contribution in [0.2, 0.25) is 0 Å². The molecular weight excluding hydrogens is 241 g/mol. The maximum atomic E-state index is 13.1. The van der Waals surface area contributed by atoms with Gasteiger partial charge in [0.2, 0.25) is 0 Å². The minimum absolute atomic E-state index is 0.105. The van der Waals surface area contributed by atoms with Crippen molar-refractivity contribution in [3.8, 4) is 0 Å². The molecule has 2 rings (SSSR count). The molecule has 0 amide bonds. The molecule has 0 aromatic heterocycles. The monoisotopic (exact) mass is 255 g/mol. The Labute approximate surface area is 104 Å². The van der Waals surface area contributed by atoms with Crippen LogP contribution in [0.1, 0.15) is 13.3 Å². The molecule has 0 bridgehead atoms. The first-order chi connectivity index (χ1) is 8.06. The Morgan fingerprint density at radius 3 is 3.12 bits per heavy atom. The predicted octanol–water partition coefficient (Wildman–Crippen LogP) is 2.60. The Bertz CT molecular complexity index is 439. The molecule has 1 aliphatic rings. The van der Waals surface area contributed by atoms with E-state index in [0.29, 0.717) is 11.8 Å². The summed E-state index contributed by atoms with van der Waals surface area (Å²) in [6.45, 7) is 3.34. The minimum Gasteiger partial charge on any atom is -0.481 e. The van der Waals surface area contributed by atoms with Crippen molar-refractivity contribution in [3.63, 3.8) is 0 Å². The molecule has 0 radical (unpaired) electrons. The zero-order chi connectivity index (χ0) is 12.4. The lowest BCUT2D eigenvalue weighted by Crippen LogP contribution is -2.35. The fourth-order valence-corrected chi connectivity index (χ4v) is 3.14. The van der Waals surface area contributed by atoms with Crippen LogP contribution in [0.5, 0.6) is 0 Å². The van der Waals surface area contributed by atoms with Gasteiger partial charge in [-0.15, -0.1) is 11.8 Å². The highest BCUT2D eigenvalue weighted by Crippen LogP contribution is 2.38. The maximum absolute atomic E-state index is 13.1. The zero-order valence-electron chi connectivity index (χ0n) is 9.52. The minimum atomic E-state index is -0.806. The Morgan fingerprint density at radius 1 is 1.65 bits per heavy atom. The van der Waals surface area contributed by atoms with Crippen molar-refractivity contribution in [2.24, 2.45) is 0 Å². The SMILES string of the molecule is CC1CN(CCC(=O)O)c2ccc(F)cc2S1. The third kappa shape index (κ3) is 2.91. The lowest BCUT2D eigenvalue weighted by Gasteiger charge is -2.34. The highest BCUT2D eigenvalue weighted by molar-refractivity contribution is 8.00. The number of carboxylic acids is 1. The average Bonchev–Trinajstić information content (AvgIpc) is 2.24. The van der Waals surface area contributed by atoms with Crippen LogP contribution in [0.4, 0.5) is 10.1 Å². The van der Waals surface area contributed by atoms with Crippen LogP contribution in [0, 0.1) is 5.82 Å². The number of carbonyl (C=O) groups is 1. The number of aliphatic carboxylic acids is 1. The maximum Gasteiger partial charge on any atom is 0.305 e. The summed E-state index contributed by atoms with van der Waals surface area (Å²) in [6.07, 6.45) is 0.105. The molecule has 1 aromatic carbocycles. The Kier molecular flexibility index (Phi) is 3.57. The number of anilines is 1. The van der Waals surface area contributed by atoms with Crippen LogP contribution in [0.3, 0.4) is 0 Å². The number of benzene rings is 1. The molecule has 1 unspecified atom stereocenters. The molecule has 0 spiro atoms. The summed E-state index contributed by atoms with van der Waals surface area (Å²) in [5, 5.41) is 9.06. The Balaban J connectivity index is 2.21. The van der Waals surface area contributed by atoms with Gasteiger partial charge >= 0.3 is 5.97 Å². The normalized spacial score (nSPS) is 18.9. The van der Waals surface area contributed by atoms with Crippen molar-refractivity contribution in [1.29, 1.82) is 0 Å². The van der Waals surface area contributed by atoms with Crippen molar-refractivity contribution < 1.29 is 14.3 Å². The highest BCUT2D eigenvalue weighted by atomic mass is 32.2. The summed E-state index contributed by atoms with van der Waals surface area (Å²) >= 11 is 1.63. The lowest BCUT2D eigenvalue weighted by molar-refractivity contribution is -0.136. The van der Waals surface area contributed by atoms with E-state index < -0.39 is 5.97 Å². The van der Waals surface area contributed by atoms with Gasteiger partial charge in [0.25, 0.3) is 0 Å². The molecule has 1 aromatic rings. The number of hydrogen-bond acceptors (Lipinski definition) is 3. The van der Waals surface area contributed by atoms with Gasteiger partial charge in [-0.05, 0) is 18.2 Å². The van der Waals surface area contributed by atoms with E-state index >= 15 is 0 Å². The molecule has 17 heavy (non-hydrogen) atoms. The highest BCUT2D eigenvalue weighted by Gasteiger charge is 2.22. The number of hydrogen-bond donors (Lipinski definition) is 1. The van der Waals surface area contributed by atoms with E-state index in [9.17, 15) is 9.18 Å². The second kappa shape index (κ2) is 4.96. The number of nitrogens with zero attached hydrogens (tertiary/aromatic N) is 1. The molecule has 92 valence electrons. The lowest BCUT2D eigenvalue weighted by atomic mass is 10.2. The molecule has 1 atom stereocenters. The molecule has 1 N–H and O–H groups in total. The second-order valence-corrected chi connectivity index (χ2v) is 5.61. The molecule has 0 fully saturated rings. The van der Waals surface area contributed by atoms with E-state index in [1.165, 1.54) is 12.1 Å². The predicted molar refractivity (Wildman–Crippen MR) is 66.2 cm³/mol. The number of fused-ring (bicyclic) bond motifs is 1. The van der Waals surface area contributed by atoms with Gasteiger partial charge in [-0.25, -0.2) is 4.39 Å². The molecule has 5 heteroatoms. The third-order valence-corrected chi connectivity index (χ3v) is 3.80. The van der Waals surface area contributed by atoms with Crippen LogP contribution in [-0.2, 0) is 4.79 Å². The van der Waals surface area contributed by atoms with Gasteiger partial charge in [0.1, 0.15) is 5.82 Å². The van der Waals surface area contributed by atoms with Gasteiger partial charge in [-0.3, -0.25) is 4.79 Å². The largest absolute Gasteiger partial charge is 0.481 e. The number of halogens is 1. The number of thioether (sulfide) groups is 1. The number of carboxylic acid groups (broad SMARTS) is 1. The van der Waals surface area contributed by atoms with Crippen LogP contribution >= 0.6 is 11.8 Å². The van der Waals surface area contributed by atoms with E-state index in [-0.39, 0.29) is 12.2 Å². The van der Waals surface area contributed by atoms with Crippen molar-refractivity contribution in [3.05, 3.63) is 24.0 Å². The Hall–Kier alpha value is -1.23. The fraction of sp³-hybridized carbons (Fsp3) is 0.417.